The lowest BCUT2D eigenvalue weighted by Crippen LogP contribution is -1.91. The Labute approximate surface area is 90.2 Å². The Morgan fingerprint density at radius 1 is 1.33 bits per heavy atom. The monoisotopic (exact) mass is 200 g/mol. The average molecular weight is 200 g/mol. The summed E-state index contributed by atoms with van der Waals surface area (Å²) in [5, 5.41) is 4.60. The van der Waals surface area contributed by atoms with Crippen LogP contribution in [0.3, 0.4) is 0 Å². The molecule has 15 heavy (non-hydrogen) atoms. The van der Waals surface area contributed by atoms with Crippen LogP contribution in [0.15, 0.2) is 30.5 Å². The van der Waals surface area contributed by atoms with Gasteiger partial charge in [-0.2, -0.15) is 5.10 Å². The van der Waals surface area contributed by atoms with Crippen LogP contribution in [-0.4, -0.2) is 9.61 Å². The third kappa shape index (κ3) is 1.67. The van der Waals surface area contributed by atoms with Crippen molar-refractivity contribution >= 4 is 11.6 Å². The first-order chi connectivity index (χ1) is 7.24. The Morgan fingerprint density at radius 2 is 2.13 bits per heavy atom. The molecule has 2 aromatic rings. The summed E-state index contributed by atoms with van der Waals surface area (Å²) < 4.78 is 1.95. The molecule has 0 aliphatic heterocycles. The summed E-state index contributed by atoms with van der Waals surface area (Å²) in [4.78, 5) is 0. The van der Waals surface area contributed by atoms with Crippen molar-refractivity contribution < 1.29 is 0 Å². The van der Waals surface area contributed by atoms with E-state index in [1.54, 1.807) is 0 Å². The van der Waals surface area contributed by atoms with Crippen molar-refractivity contribution in [1.82, 2.24) is 9.61 Å². The van der Waals surface area contributed by atoms with E-state index >= 15 is 0 Å². The van der Waals surface area contributed by atoms with Crippen molar-refractivity contribution in [2.45, 2.75) is 26.7 Å². The van der Waals surface area contributed by atoms with E-state index in [0.717, 1.165) is 0 Å². The molecule has 0 aliphatic carbocycles. The van der Waals surface area contributed by atoms with Crippen LogP contribution in [0.5, 0.6) is 0 Å². The minimum atomic E-state index is 0.455. The Kier molecular flexibility index (Phi) is 2.58. The van der Waals surface area contributed by atoms with E-state index < -0.39 is 0 Å². The maximum Gasteiger partial charge on any atom is 0.0736 e. The van der Waals surface area contributed by atoms with Gasteiger partial charge in [0.2, 0.25) is 0 Å². The first kappa shape index (κ1) is 9.97. The molecule has 0 bridgehead atoms. The standard InChI is InChI=1S/C13H16N2/c1-4-7-11-12-8-5-6-9-15(12)14-13(11)10(2)3/h4-10H,1-3H3/b7-4-. The van der Waals surface area contributed by atoms with Gasteiger partial charge in [0.15, 0.2) is 0 Å². The lowest BCUT2D eigenvalue weighted by molar-refractivity contribution is 0.787. The van der Waals surface area contributed by atoms with Crippen LogP contribution in [-0.2, 0) is 0 Å². The molecular formula is C13H16N2. The molecule has 2 aromatic heterocycles. The fourth-order valence-electron chi connectivity index (χ4n) is 1.80. The zero-order chi connectivity index (χ0) is 10.8. The van der Waals surface area contributed by atoms with Crippen molar-refractivity contribution in [3.8, 4) is 0 Å². The van der Waals surface area contributed by atoms with Gasteiger partial charge in [-0.3, -0.25) is 0 Å². The number of fused-ring (bicyclic) bond motifs is 1. The van der Waals surface area contributed by atoms with Crippen molar-refractivity contribution in [3.05, 3.63) is 41.7 Å². The van der Waals surface area contributed by atoms with E-state index in [2.05, 4.69) is 37.2 Å². The van der Waals surface area contributed by atoms with E-state index in [1.165, 1.54) is 16.8 Å². The normalized spacial score (nSPS) is 12.0. The highest BCUT2D eigenvalue weighted by Gasteiger charge is 2.12. The molecule has 0 fully saturated rings. The second-order valence-corrected chi connectivity index (χ2v) is 3.98. The minimum Gasteiger partial charge on any atom is -0.240 e. The minimum absolute atomic E-state index is 0.455. The molecule has 2 rings (SSSR count). The van der Waals surface area contributed by atoms with Gasteiger partial charge in [0, 0.05) is 11.8 Å². The molecule has 0 radical (unpaired) electrons. The fourth-order valence-corrected chi connectivity index (χ4v) is 1.80. The molecule has 0 aromatic carbocycles. The summed E-state index contributed by atoms with van der Waals surface area (Å²) in [6, 6.07) is 6.16. The maximum absolute atomic E-state index is 4.60. The van der Waals surface area contributed by atoms with Crippen LogP contribution < -0.4 is 0 Å². The van der Waals surface area contributed by atoms with E-state index in [1.807, 2.05) is 29.8 Å². The number of rotatable bonds is 2. The van der Waals surface area contributed by atoms with Crippen LogP contribution in [0.25, 0.3) is 11.6 Å². The van der Waals surface area contributed by atoms with Gasteiger partial charge in [-0.25, -0.2) is 4.52 Å². The van der Waals surface area contributed by atoms with Crippen molar-refractivity contribution in [2.75, 3.05) is 0 Å². The zero-order valence-corrected chi connectivity index (χ0v) is 9.44. The molecule has 0 unspecified atom stereocenters. The molecule has 0 N–H and O–H groups in total. The molecule has 0 aliphatic rings. The van der Waals surface area contributed by atoms with Gasteiger partial charge < -0.3 is 0 Å². The van der Waals surface area contributed by atoms with Crippen molar-refractivity contribution in [2.24, 2.45) is 0 Å². The van der Waals surface area contributed by atoms with Crippen molar-refractivity contribution in [1.29, 1.82) is 0 Å². The maximum atomic E-state index is 4.60. The Hall–Kier alpha value is -1.57. The number of nitrogens with zero attached hydrogens (tertiary/aromatic N) is 2. The molecule has 2 heteroatoms. The van der Waals surface area contributed by atoms with Gasteiger partial charge in [-0.15, -0.1) is 0 Å². The van der Waals surface area contributed by atoms with Gasteiger partial charge >= 0.3 is 0 Å². The summed E-state index contributed by atoms with van der Waals surface area (Å²) in [5.41, 5.74) is 3.59. The number of hydrogen-bond acceptors (Lipinski definition) is 1. The molecule has 78 valence electrons. The molecule has 2 heterocycles. The molecule has 0 saturated carbocycles. The van der Waals surface area contributed by atoms with Crippen molar-refractivity contribution in [3.63, 3.8) is 0 Å². The first-order valence-electron chi connectivity index (χ1n) is 5.34. The summed E-state index contributed by atoms with van der Waals surface area (Å²) in [5.74, 6) is 0.455. The third-order valence-corrected chi connectivity index (χ3v) is 2.49. The lowest BCUT2D eigenvalue weighted by Gasteiger charge is -2.00. The molecular weight excluding hydrogens is 184 g/mol. The molecule has 0 spiro atoms. The fraction of sp³-hybridized carbons (Fsp3) is 0.308. The third-order valence-electron chi connectivity index (χ3n) is 2.49. The molecule has 0 saturated heterocycles. The number of aromatic nitrogens is 2. The van der Waals surface area contributed by atoms with E-state index in [4.69, 9.17) is 0 Å². The molecule has 0 atom stereocenters. The molecule has 0 amide bonds. The number of hydrogen-bond donors (Lipinski definition) is 0. The largest absolute Gasteiger partial charge is 0.240 e. The summed E-state index contributed by atoms with van der Waals surface area (Å²) in [6.07, 6.45) is 6.20. The number of pyridine rings is 1. The Bertz CT molecular complexity index is 492. The summed E-state index contributed by atoms with van der Waals surface area (Å²) in [7, 11) is 0. The average Bonchev–Trinajstić information content (AvgIpc) is 2.58. The van der Waals surface area contributed by atoms with Crippen LogP contribution in [0.1, 0.15) is 37.9 Å². The highest BCUT2D eigenvalue weighted by atomic mass is 15.2. The Morgan fingerprint density at radius 3 is 2.80 bits per heavy atom. The summed E-state index contributed by atoms with van der Waals surface area (Å²) >= 11 is 0. The van der Waals surface area contributed by atoms with Crippen LogP contribution in [0, 0.1) is 0 Å². The van der Waals surface area contributed by atoms with Crippen LogP contribution >= 0.6 is 0 Å². The predicted molar refractivity (Wildman–Crippen MR) is 64.0 cm³/mol. The van der Waals surface area contributed by atoms with E-state index in [0.29, 0.717) is 5.92 Å². The van der Waals surface area contributed by atoms with Gasteiger partial charge in [-0.1, -0.05) is 32.1 Å². The highest BCUT2D eigenvalue weighted by Crippen LogP contribution is 2.23. The lowest BCUT2D eigenvalue weighted by atomic mass is 10.0. The quantitative estimate of drug-likeness (QED) is 0.725. The van der Waals surface area contributed by atoms with Crippen LogP contribution in [0.4, 0.5) is 0 Å². The van der Waals surface area contributed by atoms with Gasteiger partial charge in [-0.05, 0) is 25.0 Å². The van der Waals surface area contributed by atoms with Crippen LogP contribution in [0.2, 0.25) is 0 Å². The van der Waals surface area contributed by atoms with E-state index in [-0.39, 0.29) is 0 Å². The second kappa shape index (κ2) is 3.89. The predicted octanol–water partition coefficient (Wildman–Crippen LogP) is 3.49. The topological polar surface area (TPSA) is 17.3 Å². The SMILES string of the molecule is C/C=C\c1c(C(C)C)nn2ccccc12. The zero-order valence-electron chi connectivity index (χ0n) is 9.44. The summed E-state index contributed by atoms with van der Waals surface area (Å²) in [6.45, 7) is 6.39. The van der Waals surface area contributed by atoms with Gasteiger partial charge in [0.1, 0.15) is 0 Å². The van der Waals surface area contributed by atoms with E-state index in [9.17, 15) is 0 Å². The second-order valence-electron chi connectivity index (χ2n) is 3.98. The highest BCUT2D eigenvalue weighted by molar-refractivity contribution is 5.71. The first-order valence-corrected chi connectivity index (χ1v) is 5.34. The number of allylic oxidation sites excluding steroid dienone is 1. The smallest absolute Gasteiger partial charge is 0.0736 e. The molecule has 2 nitrogen and oxygen atoms in total. The van der Waals surface area contributed by atoms with Gasteiger partial charge in [0.25, 0.3) is 0 Å². The van der Waals surface area contributed by atoms with Gasteiger partial charge in [0.05, 0.1) is 11.2 Å². The Balaban J connectivity index is 2.74.